The molecule has 1 N–H and O–H groups in total. The number of benzene rings is 2. The summed E-state index contributed by atoms with van der Waals surface area (Å²) in [5.74, 6) is 0. The third kappa shape index (κ3) is 3.94. The van der Waals surface area contributed by atoms with Crippen molar-refractivity contribution in [3.8, 4) is 0 Å². The molecule has 1 heteroatoms. The maximum Gasteiger partial charge on any atom is 0.0320 e. The largest absolute Gasteiger partial charge is 0.306 e. The Hall–Kier alpha value is -1.60. The number of aryl methyl sites for hydroxylation is 2. The fraction of sp³-hybridized carbons (Fsp3) is 0.368. The van der Waals surface area contributed by atoms with E-state index in [4.69, 9.17) is 0 Å². The second-order valence-corrected chi connectivity index (χ2v) is 5.42. The van der Waals surface area contributed by atoms with Crippen molar-refractivity contribution in [2.45, 2.75) is 46.2 Å². The van der Waals surface area contributed by atoms with Gasteiger partial charge in [0, 0.05) is 12.6 Å². The molecule has 0 aliphatic rings. The van der Waals surface area contributed by atoms with Crippen molar-refractivity contribution in [2.24, 2.45) is 0 Å². The molecule has 0 spiro atoms. The zero-order chi connectivity index (χ0) is 14.4. The Labute approximate surface area is 123 Å². The van der Waals surface area contributed by atoms with Gasteiger partial charge in [-0.3, -0.25) is 0 Å². The van der Waals surface area contributed by atoms with Gasteiger partial charge in [0.05, 0.1) is 0 Å². The quantitative estimate of drug-likeness (QED) is 0.793. The van der Waals surface area contributed by atoms with E-state index in [-0.39, 0.29) is 0 Å². The molecule has 0 bridgehead atoms. The summed E-state index contributed by atoms with van der Waals surface area (Å²) in [4.78, 5) is 0. The van der Waals surface area contributed by atoms with Crippen LogP contribution in [0.2, 0.25) is 0 Å². The van der Waals surface area contributed by atoms with Crippen LogP contribution in [0.1, 0.15) is 48.6 Å². The Kier molecular flexibility index (Phi) is 5.37. The first-order valence-electron chi connectivity index (χ1n) is 7.60. The van der Waals surface area contributed by atoms with E-state index in [1.54, 1.807) is 0 Å². The van der Waals surface area contributed by atoms with Gasteiger partial charge < -0.3 is 5.32 Å². The SMILES string of the molecule is CCc1ccc(C(CC)NCc2ccc(C)cc2)cc1. The summed E-state index contributed by atoms with van der Waals surface area (Å²) in [6, 6.07) is 18.2. The number of nitrogens with one attached hydrogen (secondary N) is 1. The van der Waals surface area contributed by atoms with Crippen LogP contribution in [-0.4, -0.2) is 0 Å². The molecule has 106 valence electrons. The lowest BCUT2D eigenvalue weighted by Gasteiger charge is -2.18. The molecule has 0 aliphatic heterocycles. The fourth-order valence-electron chi connectivity index (χ4n) is 2.43. The van der Waals surface area contributed by atoms with Crippen LogP contribution in [0, 0.1) is 6.92 Å². The van der Waals surface area contributed by atoms with E-state index in [9.17, 15) is 0 Å². The highest BCUT2D eigenvalue weighted by molar-refractivity contribution is 5.26. The summed E-state index contributed by atoms with van der Waals surface area (Å²) in [6.07, 6.45) is 2.21. The van der Waals surface area contributed by atoms with E-state index in [1.807, 2.05) is 0 Å². The second kappa shape index (κ2) is 7.25. The maximum atomic E-state index is 3.66. The normalized spacial score (nSPS) is 12.3. The first kappa shape index (κ1) is 14.8. The van der Waals surface area contributed by atoms with E-state index in [0.717, 1.165) is 19.4 Å². The van der Waals surface area contributed by atoms with Crippen LogP contribution in [0.4, 0.5) is 0 Å². The molecule has 2 aromatic carbocycles. The van der Waals surface area contributed by atoms with Gasteiger partial charge in [-0.1, -0.05) is 67.9 Å². The Morgan fingerprint density at radius 1 is 0.850 bits per heavy atom. The molecule has 2 rings (SSSR count). The van der Waals surface area contributed by atoms with Crippen molar-refractivity contribution in [3.05, 3.63) is 70.8 Å². The van der Waals surface area contributed by atoms with Gasteiger partial charge in [-0.25, -0.2) is 0 Å². The van der Waals surface area contributed by atoms with Gasteiger partial charge >= 0.3 is 0 Å². The average molecular weight is 267 g/mol. The zero-order valence-electron chi connectivity index (χ0n) is 12.8. The summed E-state index contributed by atoms with van der Waals surface area (Å²) in [5, 5.41) is 3.66. The van der Waals surface area contributed by atoms with Crippen LogP contribution >= 0.6 is 0 Å². The van der Waals surface area contributed by atoms with Crippen LogP contribution in [0.5, 0.6) is 0 Å². The molecule has 0 heterocycles. The van der Waals surface area contributed by atoms with Crippen molar-refractivity contribution in [1.29, 1.82) is 0 Å². The van der Waals surface area contributed by atoms with Crippen LogP contribution < -0.4 is 5.32 Å². The lowest BCUT2D eigenvalue weighted by atomic mass is 10.0. The molecule has 0 aliphatic carbocycles. The predicted octanol–water partition coefficient (Wildman–Crippen LogP) is 4.80. The molecule has 0 radical (unpaired) electrons. The second-order valence-electron chi connectivity index (χ2n) is 5.42. The third-order valence-electron chi connectivity index (χ3n) is 3.87. The summed E-state index contributed by atoms with van der Waals surface area (Å²) in [5.41, 5.74) is 5.45. The average Bonchev–Trinajstić information content (AvgIpc) is 2.50. The van der Waals surface area contributed by atoms with Gasteiger partial charge in [-0.2, -0.15) is 0 Å². The van der Waals surface area contributed by atoms with E-state index in [0.29, 0.717) is 6.04 Å². The lowest BCUT2D eigenvalue weighted by molar-refractivity contribution is 0.519. The van der Waals surface area contributed by atoms with Gasteiger partial charge in [0.25, 0.3) is 0 Å². The van der Waals surface area contributed by atoms with Gasteiger partial charge in [-0.15, -0.1) is 0 Å². The lowest BCUT2D eigenvalue weighted by Crippen LogP contribution is -2.20. The Bertz CT molecular complexity index is 510. The molecule has 0 saturated heterocycles. The van der Waals surface area contributed by atoms with E-state index < -0.39 is 0 Å². The smallest absolute Gasteiger partial charge is 0.0320 e. The highest BCUT2D eigenvalue weighted by Gasteiger charge is 2.08. The predicted molar refractivity (Wildman–Crippen MR) is 86.9 cm³/mol. The standard InChI is InChI=1S/C19H25N/c1-4-16-10-12-18(13-11-16)19(5-2)20-14-17-8-6-15(3)7-9-17/h6-13,19-20H,4-5,14H2,1-3H3. The molecule has 1 unspecified atom stereocenters. The first-order chi connectivity index (χ1) is 9.72. The maximum absolute atomic E-state index is 3.66. The van der Waals surface area contributed by atoms with Crippen molar-refractivity contribution in [2.75, 3.05) is 0 Å². The summed E-state index contributed by atoms with van der Waals surface area (Å²) in [7, 11) is 0. The summed E-state index contributed by atoms with van der Waals surface area (Å²) >= 11 is 0. The van der Waals surface area contributed by atoms with E-state index in [1.165, 1.54) is 22.3 Å². The number of hydrogen-bond acceptors (Lipinski definition) is 1. The van der Waals surface area contributed by atoms with Crippen molar-refractivity contribution >= 4 is 0 Å². The molecule has 0 saturated carbocycles. The Balaban J connectivity index is 1.99. The number of hydrogen-bond donors (Lipinski definition) is 1. The zero-order valence-corrected chi connectivity index (χ0v) is 12.8. The van der Waals surface area contributed by atoms with E-state index >= 15 is 0 Å². The molecule has 0 fully saturated rings. The highest BCUT2D eigenvalue weighted by atomic mass is 14.9. The molecule has 1 atom stereocenters. The minimum Gasteiger partial charge on any atom is -0.306 e. The fourth-order valence-corrected chi connectivity index (χ4v) is 2.43. The van der Waals surface area contributed by atoms with Crippen molar-refractivity contribution in [1.82, 2.24) is 5.32 Å². The topological polar surface area (TPSA) is 12.0 Å². The summed E-state index contributed by atoms with van der Waals surface area (Å²) < 4.78 is 0. The highest BCUT2D eigenvalue weighted by Crippen LogP contribution is 2.18. The van der Waals surface area contributed by atoms with Gasteiger partial charge in [0.1, 0.15) is 0 Å². The summed E-state index contributed by atoms with van der Waals surface area (Å²) in [6.45, 7) is 7.48. The molecule has 20 heavy (non-hydrogen) atoms. The minimum absolute atomic E-state index is 0.433. The third-order valence-corrected chi connectivity index (χ3v) is 3.87. The molecular weight excluding hydrogens is 242 g/mol. The molecule has 0 amide bonds. The monoisotopic (exact) mass is 267 g/mol. The molecule has 1 nitrogen and oxygen atoms in total. The van der Waals surface area contributed by atoms with Crippen LogP contribution in [0.3, 0.4) is 0 Å². The molecule has 2 aromatic rings. The minimum atomic E-state index is 0.433. The van der Waals surface area contributed by atoms with Crippen molar-refractivity contribution in [3.63, 3.8) is 0 Å². The van der Waals surface area contributed by atoms with Gasteiger partial charge in [0.2, 0.25) is 0 Å². The van der Waals surface area contributed by atoms with Crippen LogP contribution in [-0.2, 0) is 13.0 Å². The van der Waals surface area contributed by atoms with Crippen molar-refractivity contribution < 1.29 is 0 Å². The first-order valence-corrected chi connectivity index (χ1v) is 7.60. The number of rotatable bonds is 6. The molecular formula is C19H25N. The van der Waals surface area contributed by atoms with Crippen LogP contribution in [0.25, 0.3) is 0 Å². The Morgan fingerprint density at radius 3 is 2.00 bits per heavy atom. The van der Waals surface area contributed by atoms with Gasteiger partial charge in [-0.05, 0) is 36.5 Å². The molecule has 0 aromatic heterocycles. The van der Waals surface area contributed by atoms with E-state index in [2.05, 4.69) is 74.6 Å². The van der Waals surface area contributed by atoms with Crippen LogP contribution in [0.15, 0.2) is 48.5 Å². The van der Waals surface area contributed by atoms with Gasteiger partial charge in [0.15, 0.2) is 0 Å². The Morgan fingerprint density at radius 2 is 1.45 bits per heavy atom.